The molecule has 5 heteroatoms. The first-order valence-electron chi connectivity index (χ1n) is 3.96. The molecule has 0 radical (unpaired) electrons. The zero-order valence-electron chi connectivity index (χ0n) is 7.36. The van der Waals surface area contributed by atoms with E-state index in [4.69, 9.17) is 10.00 Å². The largest absolute Gasteiger partial charge is 0.481 e. The molecule has 0 fully saturated rings. The predicted octanol–water partition coefficient (Wildman–Crippen LogP) is 1.39. The van der Waals surface area contributed by atoms with Crippen LogP contribution in [0.2, 0.25) is 0 Å². The summed E-state index contributed by atoms with van der Waals surface area (Å²) in [5.74, 6) is -1.67. The quantitative estimate of drug-likeness (QED) is 0.648. The Bertz CT molecular complexity index is 202. The predicted molar refractivity (Wildman–Crippen MR) is 46.7 cm³/mol. The van der Waals surface area contributed by atoms with Crippen LogP contribution >= 0.6 is 7.37 Å². The Kier molecular flexibility index (Phi) is 4.50. The third-order valence-electron chi connectivity index (χ3n) is 1.84. The molecule has 0 saturated heterocycles. The van der Waals surface area contributed by atoms with E-state index in [1.165, 1.54) is 0 Å². The van der Waals surface area contributed by atoms with Crippen LogP contribution in [0.25, 0.3) is 0 Å². The molecule has 0 aliphatic heterocycles. The normalized spacial score (nSPS) is 18.2. The van der Waals surface area contributed by atoms with Gasteiger partial charge in [0, 0.05) is 12.3 Å². The van der Waals surface area contributed by atoms with Gasteiger partial charge in [-0.15, -0.1) is 0 Å². The molecule has 0 aromatic heterocycles. The molecule has 0 aromatic rings. The summed E-state index contributed by atoms with van der Waals surface area (Å²) in [6.45, 7) is 3.30. The highest BCUT2D eigenvalue weighted by Gasteiger charge is 2.25. The van der Waals surface area contributed by atoms with Gasteiger partial charge in [-0.25, -0.2) is 0 Å². The molecule has 72 valence electrons. The van der Waals surface area contributed by atoms with Gasteiger partial charge in [-0.2, -0.15) is 0 Å². The molecule has 0 rings (SSSR count). The van der Waals surface area contributed by atoms with E-state index in [-0.39, 0.29) is 12.3 Å². The molecule has 0 saturated carbocycles. The van der Waals surface area contributed by atoms with Gasteiger partial charge in [-0.1, -0.05) is 13.8 Å². The number of carboxylic acids is 1. The number of aliphatic carboxylic acids is 1. The van der Waals surface area contributed by atoms with Gasteiger partial charge in [-0.3, -0.25) is 9.36 Å². The van der Waals surface area contributed by atoms with Gasteiger partial charge in [0.05, 0.1) is 5.92 Å². The van der Waals surface area contributed by atoms with Crippen molar-refractivity contribution in [1.29, 1.82) is 0 Å². The fourth-order valence-electron chi connectivity index (χ4n) is 0.855. The number of carbonyl (C=O) groups is 1. The van der Waals surface area contributed by atoms with E-state index in [0.29, 0.717) is 6.42 Å². The Morgan fingerprint density at radius 2 is 2.00 bits per heavy atom. The van der Waals surface area contributed by atoms with Crippen LogP contribution in [0.15, 0.2) is 0 Å². The molecule has 0 spiro atoms. The highest BCUT2D eigenvalue weighted by molar-refractivity contribution is 7.58. The lowest BCUT2D eigenvalue weighted by Gasteiger charge is -2.13. The molecule has 12 heavy (non-hydrogen) atoms. The molecular formula is C7H15O4P. The van der Waals surface area contributed by atoms with Gasteiger partial charge < -0.3 is 10.00 Å². The van der Waals surface area contributed by atoms with Crippen LogP contribution in [0.4, 0.5) is 0 Å². The summed E-state index contributed by atoms with van der Waals surface area (Å²) < 4.78 is 11.1. The first-order chi connectivity index (χ1) is 5.43. The molecule has 0 aliphatic rings. The zero-order valence-corrected chi connectivity index (χ0v) is 8.25. The van der Waals surface area contributed by atoms with Gasteiger partial charge in [0.1, 0.15) is 0 Å². The Hall–Kier alpha value is -0.340. The molecule has 0 aliphatic carbocycles. The minimum Gasteiger partial charge on any atom is -0.481 e. The van der Waals surface area contributed by atoms with Crippen molar-refractivity contribution >= 4 is 13.3 Å². The molecule has 2 unspecified atom stereocenters. The maximum atomic E-state index is 11.1. The van der Waals surface area contributed by atoms with Crippen molar-refractivity contribution < 1.29 is 19.4 Å². The zero-order chi connectivity index (χ0) is 9.78. The topological polar surface area (TPSA) is 74.6 Å². The van der Waals surface area contributed by atoms with Gasteiger partial charge in [-0.05, 0) is 6.42 Å². The fraction of sp³-hybridized carbons (Fsp3) is 0.857. The van der Waals surface area contributed by atoms with Crippen LogP contribution in [-0.2, 0) is 9.36 Å². The summed E-state index contributed by atoms with van der Waals surface area (Å²) in [5.41, 5.74) is 0. The second kappa shape index (κ2) is 4.63. The summed E-state index contributed by atoms with van der Waals surface area (Å²) in [4.78, 5) is 19.7. The van der Waals surface area contributed by atoms with Crippen molar-refractivity contribution in [1.82, 2.24) is 0 Å². The summed E-state index contributed by atoms with van der Waals surface area (Å²) in [6, 6.07) is 0. The van der Waals surface area contributed by atoms with Crippen LogP contribution in [0.3, 0.4) is 0 Å². The Labute approximate surface area is 72.1 Å². The van der Waals surface area contributed by atoms with E-state index >= 15 is 0 Å². The van der Waals surface area contributed by atoms with Crippen molar-refractivity contribution in [2.75, 3.05) is 12.3 Å². The van der Waals surface area contributed by atoms with Crippen molar-refractivity contribution in [2.45, 2.75) is 20.3 Å². The lowest BCUT2D eigenvalue weighted by atomic mass is 10.1. The molecular weight excluding hydrogens is 179 g/mol. The lowest BCUT2D eigenvalue weighted by molar-refractivity contribution is -0.141. The van der Waals surface area contributed by atoms with Crippen molar-refractivity contribution in [3.05, 3.63) is 0 Å². The monoisotopic (exact) mass is 194 g/mol. The second-order valence-electron chi connectivity index (χ2n) is 2.79. The van der Waals surface area contributed by atoms with Crippen molar-refractivity contribution in [3.63, 3.8) is 0 Å². The van der Waals surface area contributed by atoms with Crippen LogP contribution in [-0.4, -0.2) is 28.3 Å². The number of hydrogen-bond acceptors (Lipinski definition) is 2. The van der Waals surface area contributed by atoms with Gasteiger partial charge in [0.25, 0.3) is 0 Å². The third-order valence-corrected chi connectivity index (χ3v) is 3.84. The smallest absolute Gasteiger partial charge is 0.307 e. The first-order valence-corrected chi connectivity index (χ1v) is 5.99. The molecule has 0 bridgehead atoms. The van der Waals surface area contributed by atoms with E-state index < -0.39 is 19.3 Å². The lowest BCUT2D eigenvalue weighted by Crippen LogP contribution is -2.17. The summed E-state index contributed by atoms with van der Waals surface area (Å²) in [5, 5.41) is 8.60. The minimum atomic E-state index is -3.18. The van der Waals surface area contributed by atoms with E-state index in [0.717, 1.165) is 0 Å². The first kappa shape index (κ1) is 11.7. The SMILES string of the molecule is CCC(CP(=O)(O)CC)C(=O)O. The van der Waals surface area contributed by atoms with E-state index in [1.54, 1.807) is 13.8 Å². The summed E-state index contributed by atoms with van der Waals surface area (Å²) in [7, 11) is -3.18. The van der Waals surface area contributed by atoms with E-state index in [1.807, 2.05) is 0 Å². The average molecular weight is 194 g/mol. The molecule has 4 nitrogen and oxygen atoms in total. The fourth-order valence-corrected chi connectivity index (χ4v) is 2.22. The number of hydrogen-bond donors (Lipinski definition) is 2. The Balaban J connectivity index is 4.21. The van der Waals surface area contributed by atoms with E-state index in [9.17, 15) is 9.36 Å². The molecule has 0 heterocycles. The van der Waals surface area contributed by atoms with Crippen molar-refractivity contribution in [3.8, 4) is 0 Å². The van der Waals surface area contributed by atoms with Gasteiger partial charge in [0.2, 0.25) is 7.37 Å². The minimum absolute atomic E-state index is 0.102. The molecule has 0 aromatic carbocycles. The Morgan fingerprint density at radius 3 is 2.25 bits per heavy atom. The van der Waals surface area contributed by atoms with Crippen LogP contribution < -0.4 is 0 Å². The highest BCUT2D eigenvalue weighted by atomic mass is 31.2. The molecule has 2 N–H and O–H groups in total. The molecule has 0 amide bonds. The summed E-state index contributed by atoms with van der Waals surface area (Å²) in [6.07, 6.45) is 0.450. The summed E-state index contributed by atoms with van der Waals surface area (Å²) >= 11 is 0. The average Bonchev–Trinajstić information content (AvgIpc) is 2.00. The van der Waals surface area contributed by atoms with Crippen LogP contribution in [0, 0.1) is 5.92 Å². The number of rotatable bonds is 5. The van der Waals surface area contributed by atoms with Gasteiger partial charge >= 0.3 is 5.97 Å². The van der Waals surface area contributed by atoms with Crippen LogP contribution in [0.1, 0.15) is 20.3 Å². The molecule has 2 atom stereocenters. The maximum absolute atomic E-state index is 11.1. The third kappa shape index (κ3) is 3.88. The van der Waals surface area contributed by atoms with Crippen molar-refractivity contribution in [2.24, 2.45) is 5.92 Å². The van der Waals surface area contributed by atoms with Gasteiger partial charge in [0.15, 0.2) is 0 Å². The standard InChI is InChI=1S/C7H15O4P/c1-3-6(7(8)9)5-12(10,11)4-2/h6H,3-5H2,1-2H3,(H,8,9)(H,10,11). The number of carboxylic acid groups (broad SMARTS) is 1. The highest BCUT2D eigenvalue weighted by Crippen LogP contribution is 2.42. The maximum Gasteiger partial charge on any atom is 0.307 e. The second-order valence-corrected chi connectivity index (χ2v) is 5.48. The Morgan fingerprint density at radius 1 is 1.50 bits per heavy atom. The van der Waals surface area contributed by atoms with E-state index in [2.05, 4.69) is 0 Å². The van der Waals surface area contributed by atoms with Crippen LogP contribution in [0.5, 0.6) is 0 Å².